The Morgan fingerprint density at radius 2 is 2.14 bits per heavy atom. The van der Waals surface area contributed by atoms with Crippen LogP contribution in [0.5, 0.6) is 0 Å². The summed E-state index contributed by atoms with van der Waals surface area (Å²) in [7, 11) is 0. The number of urea groups is 1. The molecule has 6 nitrogen and oxygen atoms in total. The summed E-state index contributed by atoms with van der Waals surface area (Å²) in [5.74, 6) is -1.41. The summed E-state index contributed by atoms with van der Waals surface area (Å²) < 4.78 is 13.4. The number of carbonyl (C=O) groups is 3. The highest BCUT2D eigenvalue weighted by molar-refractivity contribution is 7.07. The van der Waals surface area contributed by atoms with Gasteiger partial charge in [-0.2, -0.15) is 11.3 Å². The Labute approximate surface area is 176 Å². The number of benzene rings is 1. The minimum Gasteiger partial charge on any atom is -0.334 e. The SMILES string of the molecule is CC1(c2ccc(F)cc2Cl)NC(=O)N(CC(=O)N(Cc2ccsc2)C2CC2)C1=O. The molecule has 1 aliphatic heterocycles. The third-order valence-corrected chi connectivity index (χ3v) is 6.32. The lowest BCUT2D eigenvalue weighted by molar-refractivity contribution is -0.139. The Morgan fingerprint density at radius 1 is 1.38 bits per heavy atom. The largest absolute Gasteiger partial charge is 0.334 e. The molecular formula is C20H19ClFN3O3S. The summed E-state index contributed by atoms with van der Waals surface area (Å²) in [4.78, 5) is 41.1. The van der Waals surface area contributed by atoms with Crippen molar-refractivity contribution in [2.24, 2.45) is 0 Å². The highest BCUT2D eigenvalue weighted by Gasteiger charge is 2.51. The monoisotopic (exact) mass is 435 g/mol. The number of carbonyl (C=O) groups excluding carboxylic acids is 3. The third kappa shape index (κ3) is 3.74. The molecule has 0 spiro atoms. The molecule has 4 amide bonds. The van der Waals surface area contributed by atoms with Crippen LogP contribution in [0, 0.1) is 5.82 Å². The standard InChI is InChI=1S/C20H19ClFN3O3S/c1-20(15-5-2-13(22)8-16(15)21)18(27)25(19(28)23-20)10-17(26)24(14-3-4-14)9-12-6-7-29-11-12/h2,5-8,11,14H,3-4,9-10H2,1H3,(H,23,28). The average molecular weight is 436 g/mol. The van der Waals surface area contributed by atoms with Gasteiger partial charge in [-0.25, -0.2) is 9.18 Å². The fourth-order valence-corrected chi connectivity index (χ4v) is 4.55. The Morgan fingerprint density at radius 3 is 2.76 bits per heavy atom. The van der Waals surface area contributed by atoms with E-state index in [2.05, 4.69) is 5.32 Å². The number of amides is 4. The Bertz CT molecular complexity index is 979. The predicted octanol–water partition coefficient (Wildman–Crippen LogP) is 3.50. The maximum absolute atomic E-state index is 13.4. The molecule has 2 heterocycles. The predicted molar refractivity (Wildman–Crippen MR) is 107 cm³/mol. The summed E-state index contributed by atoms with van der Waals surface area (Å²) in [6.45, 7) is 1.61. The van der Waals surface area contributed by atoms with Gasteiger partial charge >= 0.3 is 6.03 Å². The number of nitrogens with zero attached hydrogens (tertiary/aromatic N) is 2. The van der Waals surface area contributed by atoms with E-state index in [1.807, 2.05) is 16.8 Å². The van der Waals surface area contributed by atoms with Gasteiger partial charge in [0, 0.05) is 23.2 Å². The zero-order chi connectivity index (χ0) is 20.8. The molecule has 1 aromatic heterocycles. The van der Waals surface area contributed by atoms with Crippen molar-refractivity contribution in [2.75, 3.05) is 6.54 Å². The van der Waals surface area contributed by atoms with Gasteiger partial charge in [0.2, 0.25) is 5.91 Å². The Hall–Kier alpha value is -2.45. The van der Waals surface area contributed by atoms with Crippen LogP contribution in [0.2, 0.25) is 5.02 Å². The van der Waals surface area contributed by atoms with Gasteiger partial charge in [0.15, 0.2) is 0 Å². The van der Waals surface area contributed by atoms with Crippen molar-refractivity contribution in [3.8, 4) is 0 Å². The quantitative estimate of drug-likeness (QED) is 0.706. The number of thiophene rings is 1. The summed E-state index contributed by atoms with van der Waals surface area (Å²) in [5, 5.41) is 6.56. The zero-order valence-corrected chi connectivity index (χ0v) is 17.2. The number of halogens is 2. The smallest absolute Gasteiger partial charge is 0.325 e. The van der Waals surface area contributed by atoms with E-state index in [1.165, 1.54) is 19.1 Å². The van der Waals surface area contributed by atoms with E-state index in [0.717, 1.165) is 29.4 Å². The first-order valence-corrected chi connectivity index (χ1v) is 10.5. The van der Waals surface area contributed by atoms with E-state index in [-0.39, 0.29) is 29.1 Å². The second kappa shape index (κ2) is 7.42. The molecule has 1 unspecified atom stereocenters. The van der Waals surface area contributed by atoms with Crippen molar-refractivity contribution in [3.63, 3.8) is 0 Å². The minimum absolute atomic E-state index is 0.0337. The fraction of sp³-hybridized carbons (Fsp3) is 0.350. The molecule has 2 aliphatic rings. The van der Waals surface area contributed by atoms with Gasteiger partial charge < -0.3 is 10.2 Å². The Kier molecular flexibility index (Phi) is 5.08. The lowest BCUT2D eigenvalue weighted by Crippen LogP contribution is -2.45. The first-order valence-electron chi connectivity index (χ1n) is 9.20. The van der Waals surface area contributed by atoms with Gasteiger partial charge in [0.1, 0.15) is 17.9 Å². The number of imide groups is 1. The van der Waals surface area contributed by atoms with Gasteiger partial charge in [-0.15, -0.1) is 0 Å². The van der Waals surface area contributed by atoms with Gasteiger partial charge in [0.25, 0.3) is 5.91 Å². The van der Waals surface area contributed by atoms with E-state index in [9.17, 15) is 18.8 Å². The molecule has 4 rings (SSSR count). The number of nitrogens with one attached hydrogen (secondary N) is 1. The van der Waals surface area contributed by atoms with Crippen LogP contribution in [0.15, 0.2) is 35.0 Å². The molecule has 1 saturated carbocycles. The molecule has 1 atom stereocenters. The van der Waals surface area contributed by atoms with Crippen LogP contribution in [-0.2, 0) is 21.7 Å². The van der Waals surface area contributed by atoms with Gasteiger partial charge in [-0.1, -0.05) is 17.7 Å². The van der Waals surface area contributed by atoms with Crippen LogP contribution in [0.4, 0.5) is 9.18 Å². The average Bonchev–Trinajstić information content (AvgIpc) is 3.32. The van der Waals surface area contributed by atoms with Crippen molar-refractivity contribution in [3.05, 3.63) is 57.0 Å². The Balaban J connectivity index is 1.53. The molecule has 0 radical (unpaired) electrons. The normalized spacial score (nSPS) is 21.4. The molecular weight excluding hydrogens is 417 g/mol. The second-order valence-corrected chi connectivity index (χ2v) is 8.64. The third-order valence-electron chi connectivity index (χ3n) is 5.28. The molecule has 1 N–H and O–H groups in total. The number of rotatable bonds is 6. The first kappa shape index (κ1) is 19.8. The molecule has 2 fully saturated rings. The van der Waals surface area contributed by atoms with Crippen LogP contribution in [0.25, 0.3) is 0 Å². The van der Waals surface area contributed by atoms with Crippen LogP contribution in [-0.4, -0.2) is 40.2 Å². The lowest BCUT2D eigenvalue weighted by Gasteiger charge is -2.25. The zero-order valence-electron chi connectivity index (χ0n) is 15.7. The van der Waals surface area contributed by atoms with E-state index in [1.54, 1.807) is 16.2 Å². The van der Waals surface area contributed by atoms with Crippen molar-refractivity contribution in [1.82, 2.24) is 15.1 Å². The number of hydrogen-bond acceptors (Lipinski definition) is 4. The van der Waals surface area contributed by atoms with Gasteiger partial charge in [-0.3, -0.25) is 14.5 Å². The molecule has 9 heteroatoms. The van der Waals surface area contributed by atoms with Crippen molar-refractivity contribution < 1.29 is 18.8 Å². The second-order valence-electron chi connectivity index (χ2n) is 7.46. The van der Waals surface area contributed by atoms with Gasteiger partial charge in [-0.05, 0) is 54.3 Å². The maximum Gasteiger partial charge on any atom is 0.325 e. The lowest BCUT2D eigenvalue weighted by atomic mass is 9.92. The molecule has 152 valence electrons. The van der Waals surface area contributed by atoms with Crippen LogP contribution < -0.4 is 5.32 Å². The molecule has 2 aromatic rings. The summed E-state index contributed by atoms with van der Waals surface area (Å²) >= 11 is 7.66. The maximum atomic E-state index is 13.4. The van der Waals surface area contributed by atoms with Crippen LogP contribution >= 0.6 is 22.9 Å². The molecule has 29 heavy (non-hydrogen) atoms. The van der Waals surface area contributed by atoms with E-state index in [4.69, 9.17) is 11.6 Å². The van der Waals surface area contributed by atoms with Crippen LogP contribution in [0.3, 0.4) is 0 Å². The molecule has 1 saturated heterocycles. The van der Waals surface area contributed by atoms with E-state index in [0.29, 0.717) is 6.54 Å². The first-order chi connectivity index (χ1) is 13.8. The highest BCUT2D eigenvalue weighted by atomic mass is 35.5. The van der Waals surface area contributed by atoms with Crippen LogP contribution in [0.1, 0.15) is 30.9 Å². The summed E-state index contributed by atoms with van der Waals surface area (Å²) in [6.07, 6.45) is 1.83. The molecule has 1 aromatic carbocycles. The summed E-state index contributed by atoms with van der Waals surface area (Å²) in [5.41, 5.74) is -0.151. The highest BCUT2D eigenvalue weighted by Crippen LogP contribution is 2.34. The van der Waals surface area contributed by atoms with E-state index < -0.39 is 23.3 Å². The van der Waals surface area contributed by atoms with E-state index >= 15 is 0 Å². The fourth-order valence-electron chi connectivity index (χ4n) is 3.53. The van der Waals surface area contributed by atoms with Crippen molar-refractivity contribution in [2.45, 2.75) is 37.9 Å². The number of hydrogen-bond donors (Lipinski definition) is 1. The van der Waals surface area contributed by atoms with Gasteiger partial charge in [0.05, 0.1) is 0 Å². The van der Waals surface area contributed by atoms with Crippen molar-refractivity contribution in [1.29, 1.82) is 0 Å². The topological polar surface area (TPSA) is 69.7 Å². The summed E-state index contributed by atoms with van der Waals surface area (Å²) in [6, 6.07) is 5.06. The molecule has 1 aliphatic carbocycles. The van der Waals surface area contributed by atoms with Crippen molar-refractivity contribution >= 4 is 40.8 Å². The molecule has 0 bridgehead atoms. The minimum atomic E-state index is -1.46.